The molecule has 9 nitrogen and oxygen atoms in total. The first kappa shape index (κ1) is 21.0. The predicted molar refractivity (Wildman–Crippen MR) is 110 cm³/mol. The maximum absolute atomic E-state index is 12.6. The fraction of sp³-hybridized carbons (Fsp3) is 0.286. The Morgan fingerprint density at radius 2 is 1.83 bits per heavy atom. The number of hydrogen-bond acceptors (Lipinski definition) is 6. The first-order valence-corrected chi connectivity index (χ1v) is 9.37. The highest BCUT2D eigenvalue weighted by Crippen LogP contribution is 2.21. The molecule has 0 spiro atoms. The Labute approximate surface area is 174 Å². The van der Waals surface area contributed by atoms with E-state index in [4.69, 9.17) is 13.9 Å². The largest absolute Gasteiger partial charge is 0.497 e. The number of aromatic nitrogens is 2. The van der Waals surface area contributed by atoms with Gasteiger partial charge in [-0.1, -0.05) is 0 Å². The highest BCUT2D eigenvalue weighted by atomic mass is 16.5. The van der Waals surface area contributed by atoms with Crippen LogP contribution in [0.15, 0.2) is 47.0 Å². The van der Waals surface area contributed by atoms with Gasteiger partial charge in [0.1, 0.15) is 29.6 Å². The maximum atomic E-state index is 12.6. The van der Waals surface area contributed by atoms with Crippen LogP contribution in [0.2, 0.25) is 0 Å². The third kappa shape index (κ3) is 4.62. The Hall–Kier alpha value is -3.75. The number of nitrogens with one attached hydrogen (secondary N) is 1. The van der Waals surface area contributed by atoms with Gasteiger partial charge in [0, 0.05) is 20.6 Å². The number of benzene rings is 1. The van der Waals surface area contributed by atoms with Gasteiger partial charge in [0.15, 0.2) is 5.76 Å². The van der Waals surface area contributed by atoms with Gasteiger partial charge in [-0.15, -0.1) is 0 Å². The molecule has 2 amide bonds. The molecule has 3 rings (SSSR count). The second-order valence-corrected chi connectivity index (χ2v) is 6.61. The van der Waals surface area contributed by atoms with Crippen LogP contribution in [0.25, 0.3) is 0 Å². The van der Waals surface area contributed by atoms with E-state index in [2.05, 4.69) is 10.4 Å². The lowest BCUT2D eigenvalue weighted by molar-refractivity contribution is 0.0816. The maximum Gasteiger partial charge on any atom is 0.291 e. The standard InChI is InChI=1S/C21H24N4O5/c1-5-25-19(21(27)24(2)3)17(12-22-25)23-20(26)18-11-10-16(30-18)13-29-15-8-6-14(28-4)7-9-15/h6-12H,5,13H2,1-4H3,(H,23,26). The zero-order valence-electron chi connectivity index (χ0n) is 17.3. The number of carbonyl (C=O) groups is 2. The van der Waals surface area contributed by atoms with Crippen molar-refractivity contribution in [3.05, 3.63) is 59.8 Å². The minimum absolute atomic E-state index is 0.107. The molecule has 1 aromatic carbocycles. The molecular formula is C21H24N4O5. The molecule has 0 aliphatic rings. The van der Waals surface area contributed by atoms with Crippen molar-refractivity contribution < 1.29 is 23.5 Å². The van der Waals surface area contributed by atoms with Gasteiger partial charge in [0.2, 0.25) is 0 Å². The summed E-state index contributed by atoms with van der Waals surface area (Å²) in [5.74, 6) is 1.25. The number of amides is 2. The summed E-state index contributed by atoms with van der Waals surface area (Å²) in [5.41, 5.74) is 0.637. The first-order valence-electron chi connectivity index (χ1n) is 9.37. The Bertz CT molecular complexity index is 1020. The lowest BCUT2D eigenvalue weighted by Crippen LogP contribution is -2.26. The van der Waals surface area contributed by atoms with Gasteiger partial charge in [-0.05, 0) is 43.3 Å². The molecule has 2 heterocycles. The van der Waals surface area contributed by atoms with Crippen LogP contribution in [0.3, 0.4) is 0 Å². The summed E-state index contributed by atoms with van der Waals surface area (Å²) in [7, 11) is 4.88. The number of ether oxygens (including phenoxy) is 2. The molecule has 2 aromatic heterocycles. The molecule has 30 heavy (non-hydrogen) atoms. The van der Waals surface area contributed by atoms with Gasteiger partial charge in [-0.25, -0.2) is 0 Å². The summed E-state index contributed by atoms with van der Waals surface area (Å²) >= 11 is 0. The average molecular weight is 412 g/mol. The highest BCUT2D eigenvalue weighted by molar-refractivity contribution is 6.07. The van der Waals surface area contributed by atoms with E-state index in [1.807, 2.05) is 6.92 Å². The summed E-state index contributed by atoms with van der Waals surface area (Å²) in [6, 6.07) is 10.4. The summed E-state index contributed by atoms with van der Waals surface area (Å²) in [6.45, 7) is 2.53. The van der Waals surface area contributed by atoms with E-state index in [1.54, 1.807) is 57.6 Å². The fourth-order valence-electron chi connectivity index (χ4n) is 2.74. The third-order valence-corrected chi connectivity index (χ3v) is 4.32. The molecule has 0 saturated heterocycles. The van der Waals surface area contributed by atoms with Crippen molar-refractivity contribution in [1.82, 2.24) is 14.7 Å². The molecule has 0 saturated carbocycles. The molecule has 0 fully saturated rings. The molecule has 0 radical (unpaired) electrons. The lowest BCUT2D eigenvalue weighted by atomic mass is 10.3. The minimum atomic E-state index is -0.478. The summed E-state index contributed by atoms with van der Waals surface area (Å²) < 4.78 is 17.9. The molecule has 0 atom stereocenters. The second-order valence-electron chi connectivity index (χ2n) is 6.61. The number of furan rings is 1. The van der Waals surface area contributed by atoms with Crippen LogP contribution in [0.1, 0.15) is 33.7 Å². The van der Waals surface area contributed by atoms with E-state index < -0.39 is 5.91 Å². The molecular weight excluding hydrogens is 388 g/mol. The van der Waals surface area contributed by atoms with Crippen molar-refractivity contribution >= 4 is 17.5 Å². The van der Waals surface area contributed by atoms with Gasteiger partial charge >= 0.3 is 0 Å². The van der Waals surface area contributed by atoms with Crippen molar-refractivity contribution in [1.29, 1.82) is 0 Å². The van der Waals surface area contributed by atoms with Crippen LogP contribution in [0, 0.1) is 0 Å². The van der Waals surface area contributed by atoms with Crippen LogP contribution in [-0.4, -0.2) is 47.7 Å². The smallest absolute Gasteiger partial charge is 0.291 e. The van der Waals surface area contributed by atoms with Crippen molar-refractivity contribution in [3.63, 3.8) is 0 Å². The first-order chi connectivity index (χ1) is 14.4. The minimum Gasteiger partial charge on any atom is -0.497 e. The molecule has 158 valence electrons. The summed E-state index contributed by atoms with van der Waals surface area (Å²) in [5, 5.41) is 6.86. The zero-order valence-corrected chi connectivity index (χ0v) is 17.3. The fourth-order valence-corrected chi connectivity index (χ4v) is 2.74. The third-order valence-electron chi connectivity index (χ3n) is 4.32. The van der Waals surface area contributed by atoms with E-state index >= 15 is 0 Å². The molecule has 0 aliphatic heterocycles. The van der Waals surface area contributed by atoms with E-state index in [-0.39, 0.29) is 18.3 Å². The average Bonchev–Trinajstić information content (AvgIpc) is 3.39. The molecule has 0 aliphatic carbocycles. The number of nitrogens with zero attached hydrogens (tertiary/aromatic N) is 3. The van der Waals surface area contributed by atoms with Crippen LogP contribution in [0.5, 0.6) is 11.5 Å². The van der Waals surface area contributed by atoms with E-state index in [1.165, 1.54) is 15.8 Å². The van der Waals surface area contributed by atoms with Crippen LogP contribution >= 0.6 is 0 Å². The Balaban J connectivity index is 1.66. The Morgan fingerprint density at radius 1 is 1.13 bits per heavy atom. The van der Waals surface area contributed by atoms with Gasteiger partial charge < -0.3 is 24.1 Å². The predicted octanol–water partition coefficient (Wildman–Crippen LogP) is 3.04. The molecule has 0 bridgehead atoms. The molecule has 0 unspecified atom stereocenters. The van der Waals surface area contributed by atoms with Gasteiger partial charge in [0.25, 0.3) is 11.8 Å². The number of rotatable bonds is 8. The van der Waals surface area contributed by atoms with Crippen molar-refractivity contribution in [3.8, 4) is 11.5 Å². The zero-order chi connectivity index (χ0) is 21.7. The normalized spacial score (nSPS) is 10.5. The summed E-state index contributed by atoms with van der Waals surface area (Å²) in [4.78, 5) is 26.5. The van der Waals surface area contributed by atoms with Crippen LogP contribution in [-0.2, 0) is 13.2 Å². The highest BCUT2D eigenvalue weighted by Gasteiger charge is 2.22. The van der Waals surface area contributed by atoms with Crippen LogP contribution < -0.4 is 14.8 Å². The van der Waals surface area contributed by atoms with E-state index in [0.29, 0.717) is 29.4 Å². The van der Waals surface area contributed by atoms with Crippen LogP contribution in [0.4, 0.5) is 5.69 Å². The SMILES string of the molecule is CCn1ncc(NC(=O)c2ccc(COc3ccc(OC)cc3)o2)c1C(=O)N(C)C. The van der Waals surface area contributed by atoms with E-state index in [9.17, 15) is 9.59 Å². The summed E-state index contributed by atoms with van der Waals surface area (Å²) in [6.07, 6.45) is 1.45. The number of hydrogen-bond donors (Lipinski definition) is 1. The van der Waals surface area contributed by atoms with Crippen molar-refractivity contribution in [2.24, 2.45) is 0 Å². The topological polar surface area (TPSA) is 98.8 Å². The Morgan fingerprint density at radius 3 is 2.47 bits per heavy atom. The van der Waals surface area contributed by atoms with Crippen molar-refractivity contribution in [2.75, 3.05) is 26.5 Å². The monoisotopic (exact) mass is 412 g/mol. The van der Waals surface area contributed by atoms with E-state index in [0.717, 1.165) is 5.75 Å². The Kier molecular flexibility index (Phi) is 6.41. The van der Waals surface area contributed by atoms with Gasteiger partial charge in [0.05, 0.1) is 19.0 Å². The quantitative estimate of drug-likeness (QED) is 0.611. The molecule has 1 N–H and O–H groups in total. The number of aryl methyl sites for hydroxylation is 1. The second kappa shape index (κ2) is 9.17. The molecule has 3 aromatic rings. The number of methoxy groups -OCH3 is 1. The van der Waals surface area contributed by atoms with Gasteiger partial charge in [-0.3, -0.25) is 14.3 Å². The molecule has 9 heteroatoms. The van der Waals surface area contributed by atoms with Crippen molar-refractivity contribution in [2.45, 2.75) is 20.1 Å². The van der Waals surface area contributed by atoms with Gasteiger partial charge in [-0.2, -0.15) is 5.10 Å². The number of carbonyl (C=O) groups excluding carboxylic acids is 2. The lowest BCUT2D eigenvalue weighted by Gasteiger charge is -2.13. The number of anilines is 1.